The Kier molecular flexibility index (Phi) is 20.7. The molecule has 18 aromatic heterocycles. The van der Waals surface area contributed by atoms with Gasteiger partial charge in [0.05, 0.1) is 67.1 Å². The Bertz CT molecular complexity index is 10800. The molecule has 0 atom stereocenters. The van der Waals surface area contributed by atoms with E-state index in [1.165, 1.54) is 71.0 Å². The largest absolute Gasteiger partial charge is 2.00 e. The molecule has 0 aliphatic rings. The van der Waals surface area contributed by atoms with Crippen LogP contribution in [0, 0.1) is 57.2 Å². The van der Waals surface area contributed by atoms with Crippen LogP contribution in [0.2, 0.25) is 0 Å². The van der Waals surface area contributed by atoms with Gasteiger partial charge in [0.1, 0.15) is 16.9 Å². The van der Waals surface area contributed by atoms with Crippen molar-refractivity contribution in [2.45, 2.75) is 47.0 Å². The smallest absolute Gasteiger partial charge is 0.503 e. The summed E-state index contributed by atoms with van der Waals surface area (Å²) in [5.74, 6) is 3.56. The van der Waals surface area contributed by atoms with Crippen LogP contribution in [-0.2, 0) is 68.6 Å². The van der Waals surface area contributed by atoms with Crippen molar-refractivity contribution in [1.82, 2.24) is 71.3 Å². The fraction of sp³-hybridized carbons (Fsp3) is 0.0565. The van der Waals surface area contributed by atoms with Crippen molar-refractivity contribution < 1.29 is 77.4 Å². The van der Waals surface area contributed by atoms with Gasteiger partial charge in [0, 0.05) is 156 Å². The van der Waals surface area contributed by atoms with E-state index in [9.17, 15) is 0 Å². The van der Waals surface area contributed by atoms with E-state index in [2.05, 4.69) is 329 Å². The summed E-state index contributed by atoms with van der Waals surface area (Å²) >= 11 is 0. The number of pyridine rings is 9. The number of ether oxygens (including phenoxy) is 3. The molecule has 31 aromatic rings. The van der Waals surface area contributed by atoms with Gasteiger partial charge in [-0.1, -0.05) is 264 Å². The number of hydrogen-bond acceptors (Lipinski definition) is 12. The molecule has 18 heterocycles. The normalized spacial score (nSPS) is 12.0. The van der Waals surface area contributed by atoms with Crippen LogP contribution in [0.5, 0.6) is 34.5 Å². The number of aryl methyl sites for hydroxylation is 3. The van der Waals surface area contributed by atoms with Crippen LogP contribution >= 0.6 is 0 Å². The van der Waals surface area contributed by atoms with Gasteiger partial charge in [0.15, 0.2) is 0 Å². The fourth-order valence-electron chi connectivity index (χ4n) is 22.1. The number of benzene rings is 13. The second kappa shape index (κ2) is 34.0. The maximum atomic E-state index is 6.56. The van der Waals surface area contributed by atoms with E-state index in [1.807, 2.05) is 122 Å². The van der Waals surface area contributed by atoms with Crippen LogP contribution in [0.1, 0.15) is 43.0 Å². The average Bonchev–Trinajstić information content (AvgIpc) is 1.55. The minimum absolute atomic E-state index is 0. The molecule has 0 N–H and O–H groups in total. The summed E-state index contributed by atoms with van der Waals surface area (Å²) in [4.78, 5) is 44.2. The number of imidazole rings is 3. The maximum absolute atomic E-state index is 6.56. The number of hydrogen-bond donors (Lipinski definition) is 0. The molecule has 0 radical (unpaired) electrons. The summed E-state index contributed by atoms with van der Waals surface area (Å²) in [6.07, 6.45) is 17.4. The molecule has 0 bridgehead atoms. The number of rotatable bonds is 10. The second-order valence-electron chi connectivity index (χ2n) is 37.6. The van der Waals surface area contributed by atoms with E-state index < -0.39 is 0 Å². The monoisotopic (exact) mass is 2410 g/mol. The van der Waals surface area contributed by atoms with Crippen molar-refractivity contribution in [2.75, 3.05) is 0 Å². The van der Waals surface area contributed by atoms with Gasteiger partial charge < -0.3 is 40.6 Å². The molecule has 0 aliphatic carbocycles. The topological polar surface area (TPSA) is 170 Å². The van der Waals surface area contributed by atoms with Crippen molar-refractivity contribution in [3.05, 3.63) is 406 Å². The van der Waals surface area contributed by atoms with E-state index in [4.69, 9.17) is 59.1 Å². The van der Waals surface area contributed by atoms with Crippen LogP contribution in [0.3, 0.4) is 0 Å². The van der Waals surface area contributed by atoms with Crippen molar-refractivity contribution in [3.8, 4) is 79.4 Å². The second-order valence-corrected chi connectivity index (χ2v) is 37.6. The van der Waals surface area contributed by atoms with Gasteiger partial charge >= 0.3 is 63.2 Å². The average molecular weight is 2410 g/mol. The van der Waals surface area contributed by atoms with E-state index in [0.717, 1.165) is 193 Å². The zero-order valence-electron chi connectivity index (χ0n) is 78.3. The van der Waals surface area contributed by atoms with Crippen LogP contribution < -0.4 is 14.2 Å². The third kappa shape index (κ3) is 13.7. The molecule has 0 amide bonds. The molecule has 13 aromatic carbocycles. The van der Waals surface area contributed by atoms with Gasteiger partial charge in [-0.25, -0.2) is 15.0 Å². The predicted octanol–water partition coefficient (Wildman–Crippen LogP) is 29.8. The molecule has 21 heteroatoms. The molecule has 18 nitrogen and oxygen atoms in total. The van der Waals surface area contributed by atoms with Gasteiger partial charge in [0.2, 0.25) is 0 Å². The molecule has 0 fully saturated rings. The third-order valence-electron chi connectivity index (χ3n) is 28.4. The zero-order valence-corrected chi connectivity index (χ0v) is 85.1. The summed E-state index contributed by atoms with van der Waals surface area (Å²) < 4.78 is 32.6. The molecule has 0 saturated heterocycles. The number of nitrogens with zero attached hydrogens (tertiary/aromatic N) is 15. The van der Waals surface area contributed by atoms with Crippen molar-refractivity contribution in [3.63, 3.8) is 0 Å². The minimum Gasteiger partial charge on any atom is -0.503 e. The van der Waals surface area contributed by atoms with Gasteiger partial charge in [-0.15, -0.1) is 70.8 Å². The maximum Gasteiger partial charge on any atom is 2.00 e. The molecular formula is C124H75N15O3Pt3. The quantitative estimate of drug-likeness (QED) is 0.0939. The van der Waals surface area contributed by atoms with Crippen LogP contribution in [0.4, 0.5) is 0 Å². The Morgan fingerprint density at radius 1 is 0.248 bits per heavy atom. The summed E-state index contributed by atoms with van der Waals surface area (Å²) in [7, 11) is 0. The zero-order chi connectivity index (χ0) is 94.2. The standard InChI is InChI=1S/C44H25N5O.C42H29N5O.C38H21N5O.3Pt/c1-26-9-5-6-12-30(26)37-25-48-38-15-8-21-45-41(38)33-19-17-28(23-36(33)43(48)47-37)50-29-16-18-32-34-13-7-14-35-40-31(27-10-3-2-4-11-27)20-22-46-44(40)49(42(34)35)39(32)24-29;1-24-9-5-6-10-27(24)34-23-46-35-13-8-19-43-38(35)29-17-15-25(21-32(29)40(46)45-34)48-26-14-16-28-30-11-7-12-31-37-33(42(2,3)4)18-20-44-41(37)47(39(30)31)36(28)22-26;1-22-7-2-3-8-25(22)32-21-42-33-12-6-17-39-35(33)27-16-14-23(19-31(27)38(42)41-32)44-24-13-15-26-28-9-4-10-29-30-11-5-18-40-37(30)43(36(28)29)34(26)20-24;;;/h2-22,25H,1H3;5-20,23H,1-4H3;2-18,21H,1H3;;;/q3*-2;3*+2. The molecule has 0 spiro atoms. The van der Waals surface area contributed by atoms with Gasteiger partial charge in [-0.2, -0.15) is 18.2 Å². The molecule has 694 valence electrons. The van der Waals surface area contributed by atoms with E-state index >= 15 is 0 Å². The summed E-state index contributed by atoms with van der Waals surface area (Å²) in [6, 6.07) is 121. The van der Waals surface area contributed by atoms with Crippen molar-refractivity contribution >= 4 is 197 Å². The van der Waals surface area contributed by atoms with Crippen molar-refractivity contribution in [2.24, 2.45) is 0 Å². The number of aromatic nitrogens is 15. The number of fused-ring (bicyclic) bond motifs is 36. The minimum atomic E-state index is -0.0271. The first-order chi connectivity index (χ1) is 69.8. The van der Waals surface area contributed by atoms with E-state index in [0.29, 0.717) is 34.5 Å². The van der Waals surface area contributed by atoms with Gasteiger partial charge in [0.25, 0.3) is 0 Å². The Balaban J connectivity index is 0.000000110. The third-order valence-corrected chi connectivity index (χ3v) is 28.4. The summed E-state index contributed by atoms with van der Waals surface area (Å²) in [6.45, 7) is 13.1. The van der Waals surface area contributed by atoms with Crippen LogP contribution in [0.15, 0.2) is 347 Å². The molecule has 0 aliphatic heterocycles. The number of para-hydroxylation sites is 3. The Hall–Kier alpha value is -16.7. The SMILES string of the molecule is Cc1ccccc1-c1cn2c3cccnc3c3ccc(Oc4[c-]c5c(cc4)c4cccc6c7c(-c8ccccc8)ccnc7n5c46)[c-]c3c2n1.Cc1ccccc1-c1cn2c3cccnc3c3ccc(Oc4[c-]c5c(cc4)c4cccc6c7c(C(C)(C)C)ccnc7n5c46)[c-]c3c2n1.Cc1ccccc1-c1cn2c3cccnc3c3ccc(Oc4[c-]c5c(cc4)c4cccc6c7cccnc7n5c46)[c-]c3c2n1.[Pt+2].[Pt+2].[Pt+2]. The van der Waals surface area contributed by atoms with Gasteiger partial charge in [-0.3, -0.25) is 29.9 Å². The predicted molar refractivity (Wildman–Crippen MR) is 569 cm³/mol. The molecule has 145 heavy (non-hydrogen) atoms. The van der Waals surface area contributed by atoms with E-state index in [-0.39, 0.29) is 68.6 Å². The Labute approximate surface area is 870 Å². The Morgan fingerprint density at radius 2 is 0.572 bits per heavy atom. The molecular weight excluding hydrogens is 2330 g/mol. The fourth-order valence-corrected chi connectivity index (χ4v) is 22.1. The van der Waals surface area contributed by atoms with Crippen LogP contribution in [0.25, 0.3) is 242 Å². The first kappa shape index (κ1) is 88.4. The molecule has 0 saturated carbocycles. The first-order valence-electron chi connectivity index (χ1n) is 47.4. The van der Waals surface area contributed by atoms with Crippen LogP contribution in [-0.4, -0.2) is 71.3 Å². The first-order valence-corrected chi connectivity index (χ1v) is 47.4. The Morgan fingerprint density at radius 3 is 0.986 bits per heavy atom. The summed E-state index contributed by atoms with van der Waals surface area (Å²) in [5, 5.41) is 19.4. The summed E-state index contributed by atoms with van der Waals surface area (Å²) in [5.41, 5.74) is 30.3. The molecule has 31 rings (SSSR count). The van der Waals surface area contributed by atoms with Gasteiger partial charge in [-0.05, 0) is 136 Å². The molecule has 0 unspecified atom stereocenters. The van der Waals surface area contributed by atoms with Crippen molar-refractivity contribution in [1.29, 1.82) is 0 Å². The van der Waals surface area contributed by atoms with E-state index in [1.54, 1.807) is 0 Å².